The lowest BCUT2D eigenvalue weighted by molar-refractivity contribution is -0.388. The highest BCUT2D eigenvalue weighted by atomic mass is 19.4. The van der Waals surface area contributed by atoms with Crippen molar-refractivity contribution in [3.05, 3.63) is 63.7 Å². The van der Waals surface area contributed by atoms with Gasteiger partial charge in [-0.15, -0.1) is 0 Å². The first-order valence-corrected chi connectivity index (χ1v) is 13.6. The molecule has 2 aliphatic rings. The minimum atomic E-state index is -4.86. The van der Waals surface area contributed by atoms with Crippen LogP contribution in [0.3, 0.4) is 0 Å². The van der Waals surface area contributed by atoms with Gasteiger partial charge in [0.25, 0.3) is 5.69 Å². The molecule has 1 heterocycles. The van der Waals surface area contributed by atoms with Crippen LogP contribution in [0.4, 0.5) is 43.4 Å². The van der Waals surface area contributed by atoms with Crippen molar-refractivity contribution in [1.82, 2.24) is 4.90 Å². The highest BCUT2D eigenvalue weighted by molar-refractivity contribution is 5.78. The summed E-state index contributed by atoms with van der Waals surface area (Å²) in [6.45, 7) is 4.49. The number of hydrogen-bond acceptors (Lipinski definition) is 6. The zero-order valence-electron chi connectivity index (χ0n) is 23.0. The van der Waals surface area contributed by atoms with Crippen molar-refractivity contribution in [2.24, 2.45) is 0 Å². The number of amides is 1. The van der Waals surface area contributed by atoms with Crippen LogP contribution in [0.1, 0.15) is 50.7 Å². The fraction of sp³-hybridized carbons (Fsp3) is 0.536. The Labute approximate surface area is 238 Å². The Balaban J connectivity index is 1.25. The molecule has 1 N–H and O–H groups in total. The Kier molecular flexibility index (Phi) is 9.24. The number of nitro groups is 1. The van der Waals surface area contributed by atoms with Crippen LogP contribution in [0, 0.1) is 10.1 Å². The van der Waals surface area contributed by atoms with Crippen LogP contribution in [0.5, 0.6) is 0 Å². The molecule has 1 aliphatic carbocycles. The van der Waals surface area contributed by atoms with Crippen molar-refractivity contribution in [2.45, 2.75) is 76.1 Å². The standard InChI is InChI=1S/C28H32F6N4O4/c1-17-15-37(18(2)14-36(17)22-8-3-19(4-9-22)27(29,30)31)26(39)16-42-23-10-5-20(6-11-23)35-21-7-12-25(38(40)41)24(13-21)28(32,33)34/h3-4,7-9,12-13,17-18,20,23,35H,5-6,10-11,14-16H2,1-2H3/t17-,18+,20?,23?/m1/s1. The van der Waals surface area contributed by atoms with E-state index < -0.39 is 34.1 Å². The molecule has 4 rings (SSSR count). The van der Waals surface area contributed by atoms with Gasteiger partial charge in [0.1, 0.15) is 12.2 Å². The number of carbonyl (C=O) groups excluding carboxylic acids is 1. The Bertz CT molecular complexity index is 1260. The molecule has 2 aromatic carbocycles. The van der Waals surface area contributed by atoms with E-state index in [9.17, 15) is 41.3 Å². The van der Waals surface area contributed by atoms with E-state index in [2.05, 4.69) is 5.32 Å². The van der Waals surface area contributed by atoms with Crippen molar-refractivity contribution >= 4 is 23.0 Å². The summed E-state index contributed by atoms with van der Waals surface area (Å²) in [6.07, 6.45) is -7.15. The molecule has 230 valence electrons. The van der Waals surface area contributed by atoms with Crippen LogP contribution < -0.4 is 10.2 Å². The molecule has 14 heteroatoms. The van der Waals surface area contributed by atoms with Crippen LogP contribution in [-0.4, -0.2) is 59.7 Å². The summed E-state index contributed by atoms with van der Waals surface area (Å²) in [7, 11) is 0. The van der Waals surface area contributed by atoms with Gasteiger partial charge < -0.3 is 19.9 Å². The van der Waals surface area contributed by atoms with Gasteiger partial charge in [-0.25, -0.2) is 0 Å². The predicted molar refractivity (Wildman–Crippen MR) is 143 cm³/mol. The topological polar surface area (TPSA) is 87.9 Å². The fourth-order valence-electron chi connectivity index (χ4n) is 5.57. The van der Waals surface area contributed by atoms with Crippen LogP contribution in [0.15, 0.2) is 42.5 Å². The molecule has 0 spiro atoms. The van der Waals surface area contributed by atoms with Crippen LogP contribution in [-0.2, 0) is 21.9 Å². The number of carbonyl (C=O) groups is 1. The minimum absolute atomic E-state index is 0.124. The van der Waals surface area contributed by atoms with E-state index >= 15 is 0 Å². The Morgan fingerprint density at radius 3 is 2.17 bits per heavy atom. The number of nitro benzene ring substituents is 1. The van der Waals surface area contributed by atoms with Crippen LogP contribution in [0.25, 0.3) is 0 Å². The molecule has 1 aliphatic heterocycles. The van der Waals surface area contributed by atoms with E-state index in [1.807, 2.05) is 18.7 Å². The van der Waals surface area contributed by atoms with Gasteiger partial charge in [0.2, 0.25) is 5.91 Å². The predicted octanol–water partition coefficient (Wildman–Crippen LogP) is 6.50. The lowest BCUT2D eigenvalue weighted by atomic mass is 9.92. The normalized spacial score (nSPS) is 23.5. The van der Waals surface area contributed by atoms with Crippen LogP contribution in [0.2, 0.25) is 0 Å². The van der Waals surface area contributed by atoms with Crippen molar-refractivity contribution in [2.75, 3.05) is 29.9 Å². The van der Waals surface area contributed by atoms with E-state index in [0.29, 0.717) is 44.5 Å². The first kappa shape index (κ1) is 31.4. The third-order valence-corrected chi connectivity index (χ3v) is 7.82. The number of nitrogens with one attached hydrogen (secondary N) is 1. The number of benzene rings is 2. The van der Waals surface area contributed by atoms with E-state index in [1.165, 1.54) is 18.2 Å². The van der Waals surface area contributed by atoms with Gasteiger partial charge in [-0.2, -0.15) is 26.3 Å². The number of rotatable bonds is 7. The molecule has 2 aromatic rings. The zero-order valence-corrected chi connectivity index (χ0v) is 23.0. The molecule has 2 fully saturated rings. The van der Waals surface area contributed by atoms with Gasteiger partial charge in [0.05, 0.1) is 16.6 Å². The van der Waals surface area contributed by atoms with E-state index in [-0.39, 0.29) is 42.4 Å². The molecule has 0 bridgehead atoms. The number of ether oxygens (including phenoxy) is 1. The Hall–Kier alpha value is -3.55. The summed E-state index contributed by atoms with van der Waals surface area (Å²) in [4.78, 5) is 26.6. The fourth-order valence-corrected chi connectivity index (χ4v) is 5.57. The summed E-state index contributed by atoms with van der Waals surface area (Å²) >= 11 is 0. The highest BCUT2D eigenvalue weighted by Gasteiger charge is 2.39. The minimum Gasteiger partial charge on any atom is -0.382 e. The molecule has 1 saturated heterocycles. The molecule has 0 aromatic heterocycles. The molecular formula is C28H32F6N4O4. The number of hydrogen-bond donors (Lipinski definition) is 1. The third kappa shape index (κ3) is 7.44. The number of alkyl halides is 6. The van der Waals surface area contributed by atoms with Crippen molar-refractivity contribution in [3.63, 3.8) is 0 Å². The van der Waals surface area contributed by atoms with Crippen LogP contribution >= 0.6 is 0 Å². The second-order valence-electron chi connectivity index (χ2n) is 10.9. The molecule has 1 amide bonds. The smallest absolute Gasteiger partial charge is 0.382 e. The Morgan fingerprint density at radius 2 is 1.60 bits per heavy atom. The Morgan fingerprint density at radius 1 is 0.952 bits per heavy atom. The average Bonchev–Trinajstić information content (AvgIpc) is 2.92. The lowest BCUT2D eigenvalue weighted by Crippen LogP contribution is -2.59. The molecule has 8 nitrogen and oxygen atoms in total. The number of nitrogens with zero attached hydrogens (tertiary/aromatic N) is 3. The molecule has 0 unspecified atom stereocenters. The lowest BCUT2D eigenvalue weighted by Gasteiger charge is -2.45. The molecule has 42 heavy (non-hydrogen) atoms. The molecule has 0 radical (unpaired) electrons. The van der Waals surface area contributed by atoms with E-state index in [1.54, 1.807) is 4.90 Å². The summed E-state index contributed by atoms with van der Waals surface area (Å²) in [5.74, 6) is -0.188. The van der Waals surface area contributed by atoms with E-state index in [4.69, 9.17) is 4.74 Å². The van der Waals surface area contributed by atoms with Crippen molar-refractivity contribution in [3.8, 4) is 0 Å². The van der Waals surface area contributed by atoms with Gasteiger partial charge in [0.15, 0.2) is 0 Å². The maximum Gasteiger partial charge on any atom is 0.423 e. The van der Waals surface area contributed by atoms with Gasteiger partial charge in [-0.1, -0.05) is 0 Å². The average molecular weight is 603 g/mol. The molecule has 2 atom stereocenters. The summed E-state index contributed by atoms with van der Waals surface area (Å²) in [6, 6.07) is 7.36. The first-order chi connectivity index (χ1) is 19.6. The summed E-state index contributed by atoms with van der Waals surface area (Å²) < 4.78 is 84.5. The van der Waals surface area contributed by atoms with Crippen molar-refractivity contribution in [1.29, 1.82) is 0 Å². The van der Waals surface area contributed by atoms with Gasteiger partial charge in [-0.3, -0.25) is 14.9 Å². The molecular weight excluding hydrogens is 570 g/mol. The largest absolute Gasteiger partial charge is 0.423 e. The van der Waals surface area contributed by atoms with Gasteiger partial charge in [0, 0.05) is 48.7 Å². The van der Waals surface area contributed by atoms with Gasteiger partial charge >= 0.3 is 12.4 Å². The maximum absolute atomic E-state index is 13.3. The van der Waals surface area contributed by atoms with Gasteiger partial charge in [-0.05, 0) is 75.9 Å². The highest BCUT2D eigenvalue weighted by Crippen LogP contribution is 2.38. The SMILES string of the molecule is C[C@@H]1CN(C(=O)COC2CCC(Nc3ccc([N+](=O)[O-])c(C(F)(F)F)c3)CC2)[C@@H](C)CN1c1ccc(C(F)(F)F)cc1. The number of anilines is 2. The summed E-state index contributed by atoms with van der Waals surface area (Å²) in [5, 5.41) is 14.0. The second-order valence-corrected chi connectivity index (χ2v) is 10.9. The second kappa shape index (κ2) is 12.4. The van der Waals surface area contributed by atoms with Crippen molar-refractivity contribution < 1.29 is 40.8 Å². The zero-order chi connectivity index (χ0) is 30.8. The molecule has 1 saturated carbocycles. The summed E-state index contributed by atoms with van der Waals surface area (Å²) in [5.41, 5.74) is -2.23. The third-order valence-electron chi connectivity index (χ3n) is 7.82. The number of piperazine rings is 1. The first-order valence-electron chi connectivity index (χ1n) is 13.6. The maximum atomic E-state index is 13.3. The number of halogens is 6. The quantitative estimate of drug-likeness (QED) is 0.221. The van der Waals surface area contributed by atoms with E-state index in [0.717, 1.165) is 24.3 Å². The monoisotopic (exact) mass is 602 g/mol.